The molecule has 1 aliphatic rings. The number of nitrogens with one attached hydrogen (secondary N) is 1. The standard InChI is InChI=1S/C11H19NO4S/c1-11(2,3)16-10(15)12-8-6-17-5-4-7(8)9(13)14/h7-8H,4-6H2,1-3H3,(H,12,15)(H,13,14)/t7-,8-/m1/s1. The number of amides is 1. The van der Waals surface area contributed by atoms with E-state index in [4.69, 9.17) is 9.84 Å². The van der Waals surface area contributed by atoms with Crippen LogP contribution in [0.4, 0.5) is 4.79 Å². The van der Waals surface area contributed by atoms with Crippen LogP contribution < -0.4 is 5.32 Å². The second-order valence-electron chi connectivity index (χ2n) is 5.06. The molecule has 2 atom stereocenters. The van der Waals surface area contributed by atoms with Crippen LogP contribution in [0.5, 0.6) is 0 Å². The summed E-state index contributed by atoms with van der Waals surface area (Å²) in [5, 5.41) is 11.7. The van der Waals surface area contributed by atoms with Gasteiger partial charge >= 0.3 is 12.1 Å². The molecule has 0 radical (unpaired) electrons. The minimum Gasteiger partial charge on any atom is -0.481 e. The van der Waals surface area contributed by atoms with E-state index in [1.165, 1.54) is 0 Å². The van der Waals surface area contributed by atoms with Crippen molar-refractivity contribution in [3.8, 4) is 0 Å². The van der Waals surface area contributed by atoms with Gasteiger partial charge in [0.05, 0.1) is 12.0 Å². The summed E-state index contributed by atoms with van der Waals surface area (Å²) in [5.74, 6) is 0.0785. The summed E-state index contributed by atoms with van der Waals surface area (Å²) in [6, 6.07) is -0.346. The van der Waals surface area contributed by atoms with Crippen LogP contribution in [0.2, 0.25) is 0 Å². The minimum absolute atomic E-state index is 0.346. The largest absolute Gasteiger partial charge is 0.481 e. The third-order valence-corrected chi connectivity index (χ3v) is 3.49. The first-order chi connectivity index (χ1) is 7.79. The summed E-state index contributed by atoms with van der Waals surface area (Å²) in [7, 11) is 0. The number of carbonyl (C=O) groups is 2. The quantitative estimate of drug-likeness (QED) is 0.791. The molecular weight excluding hydrogens is 242 g/mol. The smallest absolute Gasteiger partial charge is 0.407 e. The van der Waals surface area contributed by atoms with Gasteiger partial charge in [-0.15, -0.1) is 0 Å². The molecule has 1 rings (SSSR count). The van der Waals surface area contributed by atoms with Crippen LogP contribution in [-0.4, -0.2) is 40.3 Å². The van der Waals surface area contributed by atoms with Gasteiger partial charge in [0.2, 0.25) is 0 Å². The molecule has 0 aliphatic carbocycles. The topological polar surface area (TPSA) is 75.6 Å². The Hall–Kier alpha value is -0.910. The number of hydrogen-bond donors (Lipinski definition) is 2. The van der Waals surface area contributed by atoms with Crippen LogP contribution in [-0.2, 0) is 9.53 Å². The Morgan fingerprint density at radius 1 is 1.41 bits per heavy atom. The van der Waals surface area contributed by atoms with Gasteiger partial charge in [-0.25, -0.2) is 4.79 Å². The Kier molecular flexibility index (Phi) is 4.68. The van der Waals surface area contributed by atoms with Crippen molar-refractivity contribution in [1.82, 2.24) is 5.32 Å². The summed E-state index contributed by atoms with van der Waals surface area (Å²) >= 11 is 1.65. The summed E-state index contributed by atoms with van der Waals surface area (Å²) in [6.07, 6.45) is 0.0387. The lowest BCUT2D eigenvalue weighted by atomic mass is 9.98. The van der Waals surface area contributed by atoms with E-state index in [0.29, 0.717) is 12.2 Å². The number of aliphatic carboxylic acids is 1. The van der Waals surface area contributed by atoms with Crippen molar-refractivity contribution in [3.63, 3.8) is 0 Å². The van der Waals surface area contributed by atoms with Crippen LogP contribution in [0.1, 0.15) is 27.2 Å². The molecule has 6 heteroatoms. The third-order valence-electron chi connectivity index (χ3n) is 2.38. The Morgan fingerprint density at radius 2 is 2.06 bits per heavy atom. The monoisotopic (exact) mass is 261 g/mol. The highest BCUT2D eigenvalue weighted by atomic mass is 32.2. The van der Waals surface area contributed by atoms with Crippen molar-refractivity contribution in [1.29, 1.82) is 0 Å². The van der Waals surface area contributed by atoms with Crippen molar-refractivity contribution in [2.24, 2.45) is 5.92 Å². The van der Waals surface area contributed by atoms with Gasteiger partial charge in [-0.3, -0.25) is 4.79 Å². The first-order valence-electron chi connectivity index (χ1n) is 5.59. The number of carboxylic acid groups (broad SMARTS) is 1. The molecule has 0 spiro atoms. The Balaban J connectivity index is 2.53. The van der Waals surface area contributed by atoms with E-state index >= 15 is 0 Å². The van der Waals surface area contributed by atoms with Crippen molar-refractivity contribution >= 4 is 23.8 Å². The molecule has 0 bridgehead atoms. The molecule has 98 valence electrons. The molecule has 1 aliphatic heterocycles. The molecule has 17 heavy (non-hydrogen) atoms. The number of thioether (sulfide) groups is 1. The predicted octanol–water partition coefficient (Wildman–Crippen LogP) is 1.72. The van der Waals surface area contributed by atoms with E-state index in [9.17, 15) is 9.59 Å². The number of carboxylic acids is 1. The van der Waals surface area contributed by atoms with Crippen LogP contribution in [0.25, 0.3) is 0 Å². The summed E-state index contributed by atoms with van der Waals surface area (Å²) in [4.78, 5) is 22.6. The average Bonchev–Trinajstić information content (AvgIpc) is 2.14. The molecular formula is C11H19NO4S. The summed E-state index contributed by atoms with van der Waals surface area (Å²) in [6.45, 7) is 5.32. The fourth-order valence-electron chi connectivity index (χ4n) is 1.63. The average molecular weight is 261 g/mol. The lowest BCUT2D eigenvalue weighted by molar-refractivity contribution is -0.142. The molecule has 1 saturated heterocycles. The van der Waals surface area contributed by atoms with E-state index in [2.05, 4.69) is 5.32 Å². The number of ether oxygens (including phenoxy) is 1. The molecule has 0 saturated carbocycles. The molecule has 2 N–H and O–H groups in total. The van der Waals surface area contributed by atoms with E-state index in [1.54, 1.807) is 32.5 Å². The van der Waals surface area contributed by atoms with E-state index < -0.39 is 23.6 Å². The van der Waals surface area contributed by atoms with Gasteiger partial charge < -0.3 is 15.2 Å². The van der Waals surface area contributed by atoms with Gasteiger partial charge in [0, 0.05) is 5.75 Å². The van der Waals surface area contributed by atoms with Crippen molar-refractivity contribution < 1.29 is 19.4 Å². The van der Waals surface area contributed by atoms with Gasteiger partial charge in [0.15, 0.2) is 0 Å². The van der Waals surface area contributed by atoms with Crippen LogP contribution in [0.15, 0.2) is 0 Å². The van der Waals surface area contributed by atoms with Crippen LogP contribution >= 0.6 is 11.8 Å². The maximum absolute atomic E-state index is 11.6. The highest BCUT2D eigenvalue weighted by Gasteiger charge is 2.33. The molecule has 1 heterocycles. The van der Waals surface area contributed by atoms with E-state index in [-0.39, 0.29) is 6.04 Å². The third kappa shape index (κ3) is 4.85. The molecule has 5 nitrogen and oxygen atoms in total. The fourth-order valence-corrected chi connectivity index (χ4v) is 2.79. The number of hydrogen-bond acceptors (Lipinski definition) is 4. The second kappa shape index (κ2) is 5.62. The molecule has 0 aromatic heterocycles. The van der Waals surface area contributed by atoms with Crippen LogP contribution in [0.3, 0.4) is 0 Å². The Morgan fingerprint density at radius 3 is 2.59 bits per heavy atom. The van der Waals surface area contributed by atoms with E-state index in [0.717, 1.165) is 5.75 Å². The van der Waals surface area contributed by atoms with Gasteiger partial charge in [0.25, 0.3) is 0 Å². The minimum atomic E-state index is -0.855. The number of rotatable bonds is 2. The fraction of sp³-hybridized carbons (Fsp3) is 0.818. The molecule has 0 aromatic rings. The van der Waals surface area contributed by atoms with Crippen molar-refractivity contribution in [2.75, 3.05) is 11.5 Å². The predicted molar refractivity (Wildman–Crippen MR) is 66.2 cm³/mol. The van der Waals surface area contributed by atoms with Gasteiger partial charge in [-0.1, -0.05) is 0 Å². The van der Waals surface area contributed by atoms with Crippen molar-refractivity contribution in [2.45, 2.75) is 38.8 Å². The molecule has 0 unspecified atom stereocenters. The molecule has 0 aromatic carbocycles. The lowest BCUT2D eigenvalue weighted by Gasteiger charge is -2.30. The zero-order valence-corrected chi connectivity index (χ0v) is 11.2. The van der Waals surface area contributed by atoms with Gasteiger partial charge in [-0.2, -0.15) is 11.8 Å². The number of carbonyl (C=O) groups excluding carboxylic acids is 1. The SMILES string of the molecule is CC(C)(C)OC(=O)N[C@@H]1CSCC[C@H]1C(=O)O. The van der Waals surface area contributed by atoms with Gasteiger partial charge in [0.1, 0.15) is 5.60 Å². The van der Waals surface area contributed by atoms with Crippen molar-refractivity contribution in [3.05, 3.63) is 0 Å². The van der Waals surface area contributed by atoms with E-state index in [1.807, 2.05) is 0 Å². The highest BCUT2D eigenvalue weighted by molar-refractivity contribution is 7.99. The molecule has 1 fully saturated rings. The zero-order chi connectivity index (χ0) is 13.1. The van der Waals surface area contributed by atoms with Crippen LogP contribution in [0, 0.1) is 5.92 Å². The second-order valence-corrected chi connectivity index (χ2v) is 6.21. The first kappa shape index (κ1) is 14.2. The maximum Gasteiger partial charge on any atom is 0.407 e. The molecule has 1 amide bonds. The Labute approximate surface area is 105 Å². The first-order valence-corrected chi connectivity index (χ1v) is 6.75. The lowest BCUT2D eigenvalue weighted by Crippen LogP contribution is -2.48. The summed E-state index contributed by atoms with van der Waals surface area (Å²) in [5.41, 5.74) is -0.565. The maximum atomic E-state index is 11.6. The number of alkyl carbamates (subject to hydrolysis) is 1. The normalized spacial score (nSPS) is 25.1. The highest BCUT2D eigenvalue weighted by Crippen LogP contribution is 2.24. The Bertz CT molecular complexity index is 300. The summed E-state index contributed by atoms with van der Waals surface area (Å²) < 4.78 is 5.12. The zero-order valence-electron chi connectivity index (χ0n) is 10.4. The van der Waals surface area contributed by atoms with Gasteiger partial charge in [-0.05, 0) is 32.9 Å².